The summed E-state index contributed by atoms with van der Waals surface area (Å²) in [6, 6.07) is 7.46. The second-order valence-electron chi connectivity index (χ2n) is 8.17. The lowest BCUT2D eigenvalue weighted by Crippen LogP contribution is -2.18. The van der Waals surface area contributed by atoms with Gasteiger partial charge in [-0.15, -0.1) is 10.2 Å². The molecule has 1 aliphatic rings. The van der Waals surface area contributed by atoms with E-state index in [0.29, 0.717) is 16.9 Å². The van der Waals surface area contributed by atoms with Gasteiger partial charge in [-0.25, -0.2) is 0 Å². The van der Waals surface area contributed by atoms with Crippen LogP contribution in [0.15, 0.2) is 36.4 Å². The van der Waals surface area contributed by atoms with Gasteiger partial charge in [0.25, 0.3) is 0 Å². The minimum Gasteiger partial charge on any atom is -0.496 e. The number of halogens is 6. The molecule has 1 aliphatic heterocycles. The van der Waals surface area contributed by atoms with Crippen LogP contribution in [0.2, 0.25) is 0 Å². The van der Waals surface area contributed by atoms with E-state index in [9.17, 15) is 26.7 Å². The third-order valence-electron chi connectivity index (χ3n) is 5.89. The molecule has 0 N–H and O–H groups in total. The van der Waals surface area contributed by atoms with Gasteiger partial charge < -0.3 is 14.2 Å². The minimum absolute atomic E-state index is 0.0385. The van der Waals surface area contributed by atoms with Crippen LogP contribution in [-0.2, 0) is 25.8 Å². The highest BCUT2D eigenvalue weighted by atomic mass is 35.5. The predicted octanol–water partition coefficient (Wildman–Crippen LogP) is 6.01. The molecule has 0 radical (unpaired) electrons. The standard InChI is InChI=1S/C24H21ClF5N3O4/c1-4-36-19(34)11-18-21-31-32-22(23(25,26)27)33(21)16-9-8-13(24(28,29)30)10-15(16)20(37-18)14-6-5-7-17(35-3)12(14)2/h5-10,18,20H,4,11H2,1-3H3/t18-,20-/m1/s1. The number of ether oxygens (including phenoxy) is 3. The van der Waals surface area contributed by atoms with Crippen LogP contribution >= 0.6 is 11.6 Å². The molecule has 0 bridgehead atoms. The van der Waals surface area contributed by atoms with Gasteiger partial charge in [0.1, 0.15) is 18.0 Å². The van der Waals surface area contributed by atoms with E-state index < -0.39 is 47.5 Å². The summed E-state index contributed by atoms with van der Waals surface area (Å²) in [5.41, 5.74) is -0.318. The third-order valence-corrected chi connectivity index (χ3v) is 6.06. The summed E-state index contributed by atoms with van der Waals surface area (Å²) in [6.07, 6.45) is -7.78. The average molecular weight is 546 g/mol. The molecule has 7 nitrogen and oxygen atoms in total. The number of carbonyl (C=O) groups is 1. The average Bonchev–Trinajstić information content (AvgIpc) is 3.22. The highest BCUT2D eigenvalue weighted by molar-refractivity contribution is 6.21. The summed E-state index contributed by atoms with van der Waals surface area (Å²) >= 11 is 5.30. The van der Waals surface area contributed by atoms with Crippen molar-refractivity contribution >= 4 is 17.6 Å². The fourth-order valence-electron chi connectivity index (χ4n) is 4.26. The van der Waals surface area contributed by atoms with Crippen LogP contribution in [-0.4, -0.2) is 34.5 Å². The summed E-state index contributed by atoms with van der Waals surface area (Å²) in [7, 11) is 1.43. The molecule has 198 valence electrons. The summed E-state index contributed by atoms with van der Waals surface area (Å²) in [6.45, 7) is 3.29. The number of rotatable bonds is 6. The number of hydrogen-bond acceptors (Lipinski definition) is 6. The van der Waals surface area contributed by atoms with Crippen LogP contribution in [0.1, 0.15) is 59.5 Å². The van der Waals surface area contributed by atoms with Crippen LogP contribution in [0, 0.1) is 6.92 Å². The topological polar surface area (TPSA) is 75.5 Å². The molecule has 0 amide bonds. The molecule has 0 fully saturated rings. The molecule has 3 aromatic rings. The number of hydrogen-bond donors (Lipinski definition) is 0. The predicted molar refractivity (Wildman–Crippen MR) is 121 cm³/mol. The highest BCUT2D eigenvalue weighted by Gasteiger charge is 2.43. The van der Waals surface area contributed by atoms with Crippen molar-refractivity contribution in [2.45, 2.75) is 44.0 Å². The molecule has 0 aliphatic carbocycles. The monoisotopic (exact) mass is 545 g/mol. The number of carbonyl (C=O) groups excluding carboxylic acids is 1. The SMILES string of the molecule is CCOC(=O)C[C@H]1O[C@H](c2cccc(OC)c2C)c2cc(C(F)(F)F)ccc2-n2c1nnc2C(F)(F)Cl. The summed E-state index contributed by atoms with van der Waals surface area (Å²) < 4.78 is 87.3. The maximum absolute atomic E-state index is 14.4. The van der Waals surface area contributed by atoms with E-state index in [1.165, 1.54) is 7.11 Å². The van der Waals surface area contributed by atoms with Gasteiger partial charge in [0.2, 0.25) is 5.82 Å². The number of benzene rings is 2. The molecule has 2 atom stereocenters. The van der Waals surface area contributed by atoms with E-state index in [0.717, 1.165) is 22.8 Å². The normalized spacial score (nSPS) is 17.5. The van der Waals surface area contributed by atoms with Gasteiger partial charge in [-0.1, -0.05) is 12.1 Å². The molecule has 1 aromatic heterocycles. The molecular weight excluding hydrogens is 525 g/mol. The molecule has 37 heavy (non-hydrogen) atoms. The van der Waals surface area contributed by atoms with Crippen molar-refractivity contribution in [2.24, 2.45) is 0 Å². The molecular formula is C24H21ClF5N3O4. The molecule has 2 aromatic carbocycles. The first-order valence-electron chi connectivity index (χ1n) is 11.0. The van der Waals surface area contributed by atoms with Gasteiger partial charge in [-0.2, -0.15) is 22.0 Å². The molecule has 0 saturated carbocycles. The van der Waals surface area contributed by atoms with Crippen LogP contribution < -0.4 is 4.74 Å². The van der Waals surface area contributed by atoms with E-state index in [1.54, 1.807) is 32.0 Å². The minimum atomic E-state index is -4.74. The summed E-state index contributed by atoms with van der Waals surface area (Å²) in [4.78, 5) is 12.4. The van der Waals surface area contributed by atoms with Crippen molar-refractivity contribution in [1.82, 2.24) is 14.8 Å². The first-order valence-corrected chi connectivity index (χ1v) is 11.4. The van der Waals surface area contributed by atoms with Crippen molar-refractivity contribution < 1.29 is 41.0 Å². The Balaban J connectivity index is 2.03. The van der Waals surface area contributed by atoms with Crippen LogP contribution in [0.4, 0.5) is 22.0 Å². The summed E-state index contributed by atoms with van der Waals surface area (Å²) in [5, 5.41) is 3.25. The smallest absolute Gasteiger partial charge is 0.416 e. The second-order valence-corrected chi connectivity index (χ2v) is 8.65. The number of fused-ring (bicyclic) bond motifs is 3. The molecule has 0 unspecified atom stereocenters. The Morgan fingerprint density at radius 3 is 2.49 bits per heavy atom. The number of nitrogens with zero attached hydrogens (tertiary/aromatic N) is 3. The second kappa shape index (κ2) is 9.90. The maximum atomic E-state index is 14.4. The van der Waals surface area contributed by atoms with E-state index in [2.05, 4.69) is 10.2 Å². The maximum Gasteiger partial charge on any atom is 0.416 e. The quantitative estimate of drug-likeness (QED) is 0.215. The van der Waals surface area contributed by atoms with Crippen LogP contribution in [0.5, 0.6) is 5.75 Å². The first kappa shape index (κ1) is 26.8. The van der Waals surface area contributed by atoms with Crippen molar-refractivity contribution in [3.63, 3.8) is 0 Å². The number of aromatic nitrogens is 3. The van der Waals surface area contributed by atoms with Crippen molar-refractivity contribution in [3.8, 4) is 11.4 Å². The molecule has 2 heterocycles. The molecule has 4 rings (SSSR count). The fraction of sp³-hybridized carbons (Fsp3) is 0.375. The Labute approximate surface area is 213 Å². The lowest BCUT2D eigenvalue weighted by Gasteiger charge is -2.25. The zero-order chi connectivity index (χ0) is 27.1. The molecule has 0 saturated heterocycles. The van der Waals surface area contributed by atoms with Crippen LogP contribution in [0.3, 0.4) is 0 Å². The van der Waals surface area contributed by atoms with Crippen molar-refractivity contribution in [1.29, 1.82) is 0 Å². The van der Waals surface area contributed by atoms with E-state index in [-0.39, 0.29) is 23.7 Å². The largest absolute Gasteiger partial charge is 0.496 e. The molecule has 13 heteroatoms. The van der Waals surface area contributed by atoms with E-state index in [1.807, 2.05) is 0 Å². The molecule has 0 spiro atoms. The number of alkyl halides is 6. The van der Waals surface area contributed by atoms with Gasteiger partial charge in [-0.05, 0) is 60.8 Å². The Morgan fingerprint density at radius 2 is 1.86 bits per heavy atom. The third kappa shape index (κ3) is 5.12. The van der Waals surface area contributed by atoms with Crippen molar-refractivity contribution in [2.75, 3.05) is 13.7 Å². The van der Waals surface area contributed by atoms with E-state index in [4.69, 9.17) is 25.8 Å². The van der Waals surface area contributed by atoms with Gasteiger partial charge in [0.15, 0.2) is 5.82 Å². The Bertz CT molecular complexity index is 1320. The summed E-state index contributed by atoms with van der Waals surface area (Å²) in [5.74, 6) is -1.59. The van der Waals surface area contributed by atoms with Crippen LogP contribution in [0.25, 0.3) is 5.69 Å². The fourth-order valence-corrected chi connectivity index (χ4v) is 4.38. The van der Waals surface area contributed by atoms with E-state index >= 15 is 0 Å². The zero-order valence-corrected chi connectivity index (χ0v) is 20.5. The van der Waals surface area contributed by atoms with Gasteiger partial charge in [-0.3, -0.25) is 9.36 Å². The Morgan fingerprint density at radius 1 is 1.14 bits per heavy atom. The Hall–Kier alpha value is -3.25. The number of methoxy groups -OCH3 is 1. The first-order chi connectivity index (χ1) is 17.4. The highest BCUT2D eigenvalue weighted by Crippen LogP contribution is 2.46. The van der Waals surface area contributed by atoms with Crippen molar-refractivity contribution in [3.05, 3.63) is 70.3 Å². The zero-order valence-electron chi connectivity index (χ0n) is 19.8. The lowest BCUT2D eigenvalue weighted by molar-refractivity contribution is -0.147. The lowest BCUT2D eigenvalue weighted by atomic mass is 9.94. The van der Waals surface area contributed by atoms with Gasteiger partial charge in [0, 0.05) is 5.56 Å². The Kier molecular flexibility index (Phi) is 7.17. The van der Waals surface area contributed by atoms with Gasteiger partial charge in [0.05, 0.1) is 31.4 Å². The van der Waals surface area contributed by atoms with Gasteiger partial charge >= 0.3 is 17.5 Å². The number of esters is 1.